The molecule has 0 spiro atoms. The quantitative estimate of drug-likeness (QED) is 0.351. The minimum Gasteiger partial charge on any atom is -0.410 e. The maximum atomic E-state index is 11.7. The zero-order valence-corrected chi connectivity index (χ0v) is 10.7. The molecule has 2 aromatic rings. The van der Waals surface area contributed by atoms with Crippen LogP contribution in [0, 0.1) is 0 Å². The van der Waals surface area contributed by atoms with Crippen LogP contribution in [0.4, 0.5) is 0 Å². The summed E-state index contributed by atoms with van der Waals surface area (Å²) < 4.78 is 0. The lowest BCUT2D eigenvalue weighted by Gasteiger charge is -2.02. The van der Waals surface area contributed by atoms with Crippen molar-refractivity contribution in [1.82, 2.24) is 0 Å². The zero-order chi connectivity index (χ0) is 12.9. The first-order valence-electron chi connectivity index (χ1n) is 4.09. The van der Waals surface area contributed by atoms with Gasteiger partial charge >= 0.3 is 0 Å². The van der Waals surface area contributed by atoms with Crippen LogP contribution < -0.4 is 16.2 Å². The summed E-state index contributed by atoms with van der Waals surface area (Å²) in [5.41, 5.74) is -1.67. The Labute approximate surface area is 113 Å². The van der Waals surface area contributed by atoms with Crippen LogP contribution >= 0.6 is 46.4 Å². The molecule has 0 fully saturated rings. The van der Waals surface area contributed by atoms with Crippen molar-refractivity contribution < 1.29 is 5.21 Å². The van der Waals surface area contributed by atoms with Gasteiger partial charge in [0.05, 0.1) is 30.9 Å². The maximum Gasteiger partial charge on any atom is 0.221 e. The van der Waals surface area contributed by atoms with Gasteiger partial charge in [-0.2, -0.15) is 0 Å². The Bertz CT molecular complexity index is 728. The Balaban J connectivity index is 3.35. The predicted molar refractivity (Wildman–Crippen MR) is 66.2 cm³/mol. The van der Waals surface area contributed by atoms with E-state index in [-0.39, 0.29) is 30.9 Å². The second-order valence-corrected chi connectivity index (χ2v) is 4.62. The van der Waals surface area contributed by atoms with Crippen LogP contribution in [0.1, 0.15) is 0 Å². The first kappa shape index (κ1) is 12.6. The number of rotatable bonds is 0. The second kappa shape index (κ2) is 4.14. The molecule has 0 aliphatic heterocycles. The number of halogens is 4. The molecule has 8 heteroatoms. The van der Waals surface area contributed by atoms with Gasteiger partial charge in [-0.05, 0) is 0 Å². The van der Waals surface area contributed by atoms with E-state index < -0.39 is 16.2 Å². The van der Waals surface area contributed by atoms with Crippen molar-refractivity contribution in [3.8, 4) is 0 Å². The third-order valence-electron chi connectivity index (χ3n) is 2.25. The second-order valence-electron chi connectivity index (χ2n) is 3.11. The summed E-state index contributed by atoms with van der Waals surface area (Å²) in [5, 5.41) is 9.54. The van der Waals surface area contributed by atoms with E-state index in [9.17, 15) is 9.59 Å². The third kappa shape index (κ3) is 1.56. The summed E-state index contributed by atoms with van der Waals surface area (Å²) in [5.74, 6) is 0. The fraction of sp³-hybridized carbons (Fsp3) is 0. The first-order valence-corrected chi connectivity index (χ1v) is 5.60. The molecule has 0 saturated heterocycles. The molecule has 17 heavy (non-hydrogen) atoms. The van der Waals surface area contributed by atoms with Crippen LogP contribution in [0.2, 0.25) is 20.1 Å². The molecule has 1 N–H and O–H groups in total. The molecule has 2 rings (SSSR count). The largest absolute Gasteiger partial charge is 0.410 e. The van der Waals surface area contributed by atoms with Crippen molar-refractivity contribution in [1.29, 1.82) is 0 Å². The summed E-state index contributed by atoms with van der Waals surface area (Å²) in [7, 11) is 0. The highest BCUT2D eigenvalue weighted by molar-refractivity contribution is 6.55. The maximum absolute atomic E-state index is 11.7. The highest BCUT2D eigenvalue weighted by Crippen LogP contribution is 2.40. The molecule has 0 aliphatic rings. The Kier molecular flexibility index (Phi) is 3.08. The van der Waals surface area contributed by atoms with E-state index in [1.165, 1.54) is 0 Å². The Morgan fingerprint density at radius 2 is 1.12 bits per heavy atom. The minimum atomic E-state index is -0.835. The molecule has 88 valence electrons. The van der Waals surface area contributed by atoms with Crippen LogP contribution in [0.5, 0.6) is 0 Å². The molecule has 0 aliphatic carbocycles. The van der Waals surface area contributed by atoms with E-state index in [4.69, 9.17) is 51.6 Å². The van der Waals surface area contributed by atoms with Gasteiger partial charge in [-0.15, -0.1) is 0 Å². The molecule has 0 aromatic heterocycles. The predicted octanol–water partition coefficient (Wildman–Crippen LogP) is 2.34. The van der Waals surface area contributed by atoms with E-state index in [0.717, 1.165) is 0 Å². The van der Waals surface area contributed by atoms with Crippen LogP contribution in [0.3, 0.4) is 0 Å². The van der Waals surface area contributed by atoms with Crippen molar-refractivity contribution in [3.05, 3.63) is 45.9 Å². The van der Waals surface area contributed by atoms with E-state index in [2.05, 4.69) is 5.16 Å². The van der Waals surface area contributed by atoms with Gasteiger partial charge in [-0.1, -0.05) is 51.6 Å². The number of nitrogens with zero attached hydrogens (tertiary/aromatic N) is 1. The van der Waals surface area contributed by atoms with Gasteiger partial charge in [0.15, 0.2) is 5.36 Å². The highest BCUT2D eigenvalue weighted by Gasteiger charge is 2.23. The van der Waals surface area contributed by atoms with E-state index >= 15 is 0 Å². The van der Waals surface area contributed by atoms with Crippen molar-refractivity contribution in [3.63, 3.8) is 0 Å². The fourth-order valence-corrected chi connectivity index (χ4v) is 2.51. The van der Waals surface area contributed by atoms with Gasteiger partial charge in [0, 0.05) is 0 Å². The molecule has 0 bridgehead atoms. The molecule has 0 unspecified atom stereocenters. The standard InChI is InChI=1S/C9HCl4NO3/c10-3-1-2(4(11)6(13)5(3)12)9(16)7(14-17)8(1)15/h17H. The molecular formula is C9HCl4NO3. The fourth-order valence-electron chi connectivity index (χ4n) is 1.49. The van der Waals surface area contributed by atoms with Crippen LogP contribution in [-0.2, 0) is 0 Å². The minimum absolute atomic E-state index is 0.127. The SMILES string of the molecule is O=c1c(=NO)c(=O)c2c(Cl)c(Cl)c(Cl)c(Cl)c12. The van der Waals surface area contributed by atoms with Crippen LogP contribution in [0.15, 0.2) is 14.7 Å². The Hall–Kier alpha value is -0.810. The average Bonchev–Trinajstić information content (AvgIpc) is 2.55. The summed E-state index contributed by atoms with van der Waals surface area (Å²) >= 11 is 23.1. The lowest BCUT2D eigenvalue weighted by Crippen LogP contribution is -2.31. The monoisotopic (exact) mass is 311 g/mol. The Morgan fingerprint density at radius 1 is 0.765 bits per heavy atom. The van der Waals surface area contributed by atoms with Gasteiger partial charge in [-0.25, -0.2) is 0 Å². The molecule has 0 atom stereocenters. The van der Waals surface area contributed by atoms with Crippen molar-refractivity contribution >= 4 is 57.2 Å². The molecule has 0 saturated carbocycles. The van der Waals surface area contributed by atoms with Crippen LogP contribution in [0.25, 0.3) is 10.8 Å². The van der Waals surface area contributed by atoms with Crippen molar-refractivity contribution in [2.45, 2.75) is 0 Å². The lowest BCUT2D eigenvalue weighted by molar-refractivity contribution is 0.301. The first-order chi connectivity index (χ1) is 7.91. The van der Waals surface area contributed by atoms with E-state index in [1.807, 2.05) is 0 Å². The van der Waals surface area contributed by atoms with Gasteiger partial charge in [0.2, 0.25) is 10.9 Å². The third-order valence-corrected chi connectivity index (χ3v) is 4.05. The van der Waals surface area contributed by atoms with Crippen LogP contribution in [-0.4, -0.2) is 5.21 Å². The molecule has 2 aromatic carbocycles. The lowest BCUT2D eigenvalue weighted by atomic mass is 10.2. The molecular weight excluding hydrogens is 312 g/mol. The van der Waals surface area contributed by atoms with E-state index in [0.29, 0.717) is 0 Å². The highest BCUT2D eigenvalue weighted by atomic mass is 35.5. The molecule has 4 nitrogen and oxygen atoms in total. The number of hydrogen-bond donors (Lipinski definition) is 1. The normalized spacial score (nSPS) is 11.1. The number of fused-ring (bicyclic) bond motifs is 1. The topological polar surface area (TPSA) is 66.7 Å². The summed E-state index contributed by atoms with van der Waals surface area (Å²) in [4.78, 5) is 23.4. The van der Waals surface area contributed by atoms with Crippen molar-refractivity contribution in [2.24, 2.45) is 5.16 Å². The van der Waals surface area contributed by atoms with Gasteiger partial charge in [0.25, 0.3) is 0 Å². The molecule has 0 amide bonds. The average molecular weight is 313 g/mol. The smallest absolute Gasteiger partial charge is 0.221 e. The van der Waals surface area contributed by atoms with E-state index in [1.54, 1.807) is 0 Å². The molecule has 0 heterocycles. The molecule has 0 radical (unpaired) electrons. The number of hydrogen-bond acceptors (Lipinski definition) is 4. The van der Waals surface area contributed by atoms with Crippen molar-refractivity contribution in [2.75, 3.05) is 0 Å². The zero-order valence-electron chi connectivity index (χ0n) is 7.72. The van der Waals surface area contributed by atoms with Gasteiger partial charge in [-0.3, -0.25) is 9.59 Å². The summed E-state index contributed by atoms with van der Waals surface area (Å²) in [6.07, 6.45) is 0. The Morgan fingerprint density at radius 3 is 1.41 bits per heavy atom. The summed E-state index contributed by atoms with van der Waals surface area (Å²) in [6.45, 7) is 0. The van der Waals surface area contributed by atoms with Gasteiger partial charge < -0.3 is 5.21 Å². The number of benzene rings is 1. The van der Waals surface area contributed by atoms with Gasteiger partial charge in [0.1, 0.15) is 0 Å². The summed E-state index contributed by atoms with van der Waals surface area (Å²) in [6, 6.07) is 0.